The van der Waals surface area contributed by atoms with Gasteiger partial charge in [-0.25, -0.2) is 0 Å². The van der Waals surface area contributed by atoms with Crippen LogP contribution >= 0.6 is 27.3 Å². The Bertz CT molecular complexity index is 326. The van der Waals surface area contributed by atoms with Gasteiger partial charge in [-0.05, 0) is 58.0 Å². The van der Waals surface area contributed by atoms with Gasteiger partial charge in [0.15, 0.2) is 0 Å². The Morgan fingerprint density at radius 2 is 2.07 bits per heavy atom. The van der Waals surface area contributed by atoms with E-state index in [-0.39, 0.29) is 0 Å². The van der Waals surface area contributed by atoms with Crippen LogP contribution in [0.15, 0.2) is 15.2 Å². The quantitative estimate of drug-likeness (QED) is 0.889. The molecule has 0 spiro atoms. The van der Waals surface area contributed by atoms with E-state index in [0.29, 0.717) is 0 Å². The molecule has 0 saturated heterocycles. The summed E-state index contributed by atoms with van der Waals surface area (Å²) in [5.74, 6) is 2.16. The van der Waals surface area contributed by atoms with Gasteiger partial charge in [0, 0.05) is 22.4 Å². The number of hydrogen-bond donors (Lipinski definition) is 1. The fourth-order valence-electron chi connectivity index (χ4n) is 2.57. The summed E-state index contributed by atoms with van der Waals surface area (Å²) in [5.41, 5.74) is 1.41. The highest BCUT2D eigenvalue weighted by Gasteiger charge is 2.45. The standard InChI is InChI=1S/C11H14BrNS/c12-11-6-14-5-9(11)4-13-10-2-7-1-8(7)3-10/h5-8,10,13H,1-4H2. The molecule has 2 unspecified atom stereocenters. The second kappa shape index (κ2) is 3.62. The molecular weight excluding hydrogens is 258 g/mol. The number of fused-ring (bicyclic) bond motifs is 1. The SMILES string of the molecule is Brc1cscc1CNC1CC2CC2C1. The third-order valence-electron chi connectivity index (χ3n) is 3.51. The Balaban J connectivity index is 1.52. The smallest absolute Gasteiger partial charge is 0.0327 e. The normalized spacial score (nSPS) is 34.5. The molecular formula is C11H14BrNS. The van der Waals surface area contributed by atoms with Crippen LogP contribution in [0, 0.1) is 11.8 Å². The Hall–Kier alpha value is 0.140. The van der Waals surface area contributed by atoms with E-state index in [1.165, 1.54) is 29.3 Å². The van der Waals surface area contributed by atoms with Gasteiger partial charge in [-0.1, -0.05) is 0 Å². The lowest BCUT2D eigenvalue weighted by molar-refractivity contribution is 0.480. The third kappa shape index (κ3) is 1.77. The van der Waals surface area contributed by atoms with Crippen molar-refractivity contribution in [1.29, 1.82) is 0 Å². The van der Waals surface area contributed by atoms with Gasteiger partial charge in [0.25, 0.3) is 0 Å². The van der Waals surface area contributed by atoms with Crippen LogP contribution in [-0.2, 0) is 6.54 Å². The second-order valence-corrected chi connectivity index (χ2v) is 6.15. The molecule has 1 aromatic rings. The third-order valence-corrected chi connectivity index (χ3v) is 5.35. The Morgan fingerprint density at radius 1 is 1.29 bits per heavy atom. The van der Waals surface area contributed by atoms with Crippen LogP contribution in [0.5, 0.6) is 0 Å². The van der Waals surface area contributed by atoms with Gasteiger partial charge in [0.05, 0.1) is 0 Å². The molecule has 2 fully saturated rings. The molecule has 0 aliphatic heterocycles. The monoisotopic (exact) mass is 271 g/mol. The molecule has 1 N–H and O–H groups in total. The van der Waals surface area contributed by atoms with Crippen molar-refractivity contribution in [2.45, 2.75) is 31.8 Å². The minimum absolute atomic E-state index is 0.797. The first-order chi connectivity index (χ1) is 6.83. The van der Waals surface area contributed by atoms with Crippen molar-refractivity contribution < 1.29 is 0 Å². The van der Waals surface area contributed by atoms with Crippen molar-refractivity contribution >= 4 is 27.3 Å². The van der Waals surface area contributed by atoms with Gasteiger partial charge in [0.2, 0.25) is 0 Å². The molecule has 1 aromatic heterocycles. The fourth-order valence-corrected chi connectivity index (χ4v) is 4.01. The first kappa shape index (κ1) is 9.37. The zero-order valence-corrected chi connectivity index (χ0v) is 10.4. The van der Waals surface area contributed by atoms with Crippen LogP contribution in [0.4, 0.5) is 0 Å². The van der Waals surface area contributed by atoms with Gasteiger partial charge in [-0.15, -0.1) is 0 Å². The molecule has 1 nitrogen and oxygen atoms in total. The summed E-state index contributed by atoms with van der Waals surface area (Å²) < 4.78 is 1.26. The average Bonchev–Trinajstić information content (AvgIpc) is 2.61. The van der Waals surface area contributed by atoms with Crippen molar-refractivity contribution in [3.63, 3.8) is 0 Å². The number of nitrogens with one attached hydrogen (secondary N) is 1. The minimum Gasteiger partial charge on any atom is -0.310 e. The van der Waals surface area contributed by atoms with Crippen molar-refractivity contribution in [3.05, 3.63) is 20.8 Å². The van der Waals surface area contributed by atoms with E-state index in [4.69, 9.17) is 0 Å². The van der Waals surface area contributed by atoms with Gasteiger partial charge < -0.3 is 5.32 Å². The van der Waals surface area contributed by atoms with E-state index in [1.54, 1.807) is 11.3 Å². The maximum Gasteiger partial charge on any atom is 0.0327 e. The van der Waals surface area contributed by atoms with Crippen molar-refractivity contribution in [2.24, 2.45) is 11.8 Å². The van der Waals surface area contributed by atoms with Gasteiger partial charge >= 0.3 is 0 Å². The highest BCUT2D eigenvalue weighted by Crippen LogP contribution is 2.51. The summed E-state index contributed by atoms with van der Waals surface area (Å²) in [6, 6.07) is 0.797. The number of halogens is 1. The highest BCUT2D eigenvalue weighted by molar-refractivity contribution is 9.10. The average molecular weight is 272 g/mol. The van der Waals surface area contributed by atoms with E-state index in [1.807, 2.05) is 0 Å². The van der Waals surface area contributed by atoms with Crippen LogP contribution in [0.3, 0.4) is 0 Å². The molecule has 14 heavy (non-hydrogen) atoms. The summed E-state index contributed by atoms with van der Waals surface area (Å²) in [5, 5.41) is 8.05. The maximum absolute atomic E-state index is 3.66. The fraction of sp³-hybridized carbons (Fsp3) is 0.636. The molecule has 0 amide bonds. The largest absolute Gasteiger partial charge is 0.310 e. The Labute approximate surface area is 97.0 Å². The predicted molar refractivity (Wildman–Crippen MR) is 63.5 cm³/mol. The van der Waals surface area contributed by atoms with E-state index >= 15 is 0 Å². The second-order valence-electron chi connectivity index (χ2n) is 4.55. The van der Waals surface area contributed by atoms with Gasteiger partial charge in [-0.2, -0.15) is 11.3 Å². The Morgan fingerprint density at radius 3 is 2.71 bits per heavy atom. The van der Waals surface area contributed by atoms with Crippen LogP contribution in [0.25, 0.3) is 0 Å². The number of thiophene rings is 1. The lowest BCUT2D eigenvalue weighted by Gasteiger charge is -2.13. The van der Waals surface area contributed by atoms with E-state index in [0.717, 1.165) is 24.4 Å². The van der Waals surface area contributed by atoms with Crippen LogP contribution in [0.2, 0.25) is 0 Å². The first-order valence-electron chi connectivity index (χ1n) is 5.27. The highest BCUT2D eigenvalue weighted by atomic mass is 79.9. The molecule has 0 radical (unpaired) electrons. The van der Waals surface area contributed by atoms with Crippen LogP contribution in [0.1, 0.15) is 24.8 Å². The summed E-state index contributed by atoms with van der Waals surface area (Å²) in [4.78, 5) is 0. The molecule has 2 aliphatic carbocycles. The van der Waals surface area contributed by atoms with Crippen molar-refractivity contribution in [1.82, 2.24) is 5.32 Å². The molecule has 3 rings (SSSR count). The molecule has 3 heteroatoms. The first-order valence-corrected chi connectivity index (χ1v) is 7.00. The lowest BCUT2D eigenvalue weighted by Crippen LogP contribution is -2.26. The lowest BCUT2D eigenvalue weighted by atomic mass is 10.1. The van der Waals surface area contributed by atoms with Crippen LogP contribution in [-0.4, -0.2) is 6.04 Å². The van der Waals surface area contributed by atoms with Gasteiger partial charge in [0.1, 0.15) is 0 Å². The molecule has 2 saturated carbocycles. The summed E-state index contributed by atoms with van der Waals surface area (Å²) in [7, 11) is 0. The molecule has 0 bridgehead atoms. The predicted octanol–water partition coefficient (Wildman–Crippen LogP) is 3.40. The molecule has 76 valence electrons. The van der Waals surface area contributed by atoms with Crippen molar-refractivity contribution in [2.75, 3.05) is 0 Å². The summed E-state index contributed by atoms with van der Waals surface area (Å²) in [6.45, 7) is 1.04. The zero-order chi connectivity index (χ0) is 9.54. The van der Waals surface area contributed by atoms with E-state index < -0.39 is 0 Å². The number of hydrogen-bond acceptors (Lipinski definition) is 2. The van der Waals surface area contributed by atoms with Crippen molar-refractivity contribution in [3.8, 4) is 0 Å². The summed E-state index contributed by atoms with van der Waals surface area (Å²) in [6.07, 6.45) is 4.36. The zero-order valence-electron chi connectivity index (χ0n) is 8.00. The molecule has 1 heterocycles. The topological polar surface area (TPSA) is 12.0 Å². The van der Waals surface area contributed by atoms with Gasteiger partial charge in [-0.3, -0.25) is 0 Å². The maximum atomic E-state index is 3.66. The number of rotatable bonds is 3. The van der Waals surface area contributed by atoms with E-state index in [2.05, 4.69) is 32.0 Å². The Kier molecular flexibility index (Phi) is 2.42. The molecule has 0 aromatic carbocycles. The van der Waals surface area contributed by atoms with E-state index in [9.17, 15) is 0 Å². The minimum atomic E-state index is 0.797. The summed E-state index contributed by atoms with van der Waals surface area (Å²) >= 11 is 5.34. The molecule has 2 aliphatic rings. The molecule has 2 atom stereocenters. The van der Waals surface area contributed by atoms with Crippen LogP contribution < -0.4 is 5.32 Å².